The Balaban J connectivity index is 2.10. The average Bonchev–Trinajstić information content (AvgIpc) is 2.93. The third-order valence-electron chi connectivity index (χ3n) is 4.33. The summed E-state index contributed by atoms with van der Waals surface area (Å²) in [6, 6.07) is 2.02. The molecule has 2 aliphatic heterocycles. The second kappa shape index (κ2) is 6.59. The standard InChI is InChI=1S/C16H24N2O3/c1-12(2)9-13(10-17)15(19)18-7-6-16(5-4-8-21-16)14(11-18)20-3/h9,12,14H,4-8,11H2,1-3H3/b13-9+/t14-,16+/m0/s1. The van der Waals surface area contributed by atoms with Crippen LogP contribution in [0.1, 0.15) is 33.1 Å². The van der Waals surface area contributed by atoms with E-state index in [1.165, 1.54) is 0 Å². The van der Waals surface area contributed by atoms with Crippen molar-refractivity contribution in [2.24, 2.45) is 5.92 Å². The Labute approximate surface area is 126 Å². The van der Waals surface area contributed by atoms with E-state index in [4.69, 9.17) is 9.47 Å². The molecule has 0 bridgehead atoms. The number of ether oxygens (including phenoxy) is 2. The highest BCUT2D eigenvalue weighted by Crippen LogP contribution is 2.37. The predicted molar refractivity (Wildman–Crippen MR) is 78.4 cm³/mol. The van der Waals surface area contributed by atoms with Gasteiger partial charge in [0.25, 0.3) is 5.91 Å². The Morgan fingerprint density at radius 3 is 2.81 bits per heavy atom. The molecule has 21 heavy (non-hydrogen) atoms. The van der Waals surface area contributed by atoms with E-state index in [-0.39, 0.29) is 29.1 Å². The van der Waals surface area contributed by atoms with E-state index in [0.29, 0.717) is 13.1 Å². The van der Waals surface area contributed by atoms with Gasteiger partial charge in [0.15, 0.2) is 0 Å². The monoisotopic (exact) mass is 292 g/mol. The van der Waals surface area contributed by atoms with Gasteiger partial charge in [-0.3, -0.25) is 4.79 Å². The summed E-state index contributed by atoms with van der Waals surface area (Å²) in [5.74, 6) is -0.0165. The smallest absolute Gasteiger partial charge is 0.264 e. The molecule has 2 saturated heterocycles. The minimum atomic E-state index is -0.236. The lowest BCUT2D eigenvalue weighted by atomic mass is 9.85. The summed E-state index contributed by atoms with van der Waals surface area (Å²) in [6.45, 7) is 5.80. The Bertz CT molecular complexity index is 459. The van der Waals surface area contributed by atoms with E-state index >= 15 is 0 Å². The second-order valence-electron chi connectivity index (χ2n) is 6.18. The molecule has 5 heteroatoms. The fourth-order valence-electron chi connectivity index (χ4n) is 3.25. The van der Waals surface area contributed by atoms with Gasteiger partial charge in [-0.15, -0.1) is 0 Å². The van der Waals surface area contributed by atoms with Crippen LogP contribution in [0.15, 0.2) is 11.6 Å². The number of nitrogens with zero attached hydrogens (tertiary/aromatic N) is 2. The molecule has 5 nitrogen and oxygen atoms in total. The fourth-order valence-corrected chi connectivity index (χ4v) is 3.25. The van der Waals surface area contributed by atoms with Crippen LogP contribution in [0.2, 0.25) is 0 Å². The lowest BCUT2D eigenvalue weighted by Gasteiger charge is -2.44. The molecule has 0 aromatic rings. The SMILES string of the molecule is CO[C@H]1CN(C(=O)/C(C#N)=C/C(C)C)CC[C@]12CCCO2. The van der Waals surface area contributed by atoms with E-state index in [1.807, 2.05) is 19.9 Å². The first kappa shape index (κ1) is 16.0. The Morgan fingerprint density at radius 1 is 1.52 bits per heavy atom. The number of likely N-dealkylation sites (tertiary alicyclic amines) is 1. The van der Waals surface area contributed by atoms with Crippen molar-refractivity contribution in [1.82, 2.24) is 4.90 Å². The van der Waals surface area contributed by atoms with E-state index in [2.05, 4.69) is 0 Å². The molecule has 0 saturated carbocycles. The summed E-state index contributed by atoms with van der Waals surface area (Å²) >= 11 is 0. The van der Waals surface area contributed by atoms with Crippen LogP contribution in [0.5, 0.6) is 0 Å². The number of rotatable bonds is 3. The molecule has 2 fully saturated rings. The van der Waals surface area contributed by atoms with E-state index < -0.39 is 0 Å². The lowest BCUT2D eigenvalue weighted by molar-refractivity contribution is -0.155. The van der Waals surface area contributed by atoms with Gasteiger partial charge in [-0.05, 0) is 25.2 Å². The first-order valence-electron chi connectivity index (χ1n) is 7.60. The Morgan fingerprint density at radius 2 is 2.29 bits per heavy atom. The molecule has 0 unspecified atom stereocenters. The van der Waals surface area contributed by atoms with Crippen molar-refractivity contribution < 1.29 is 14.3 Å². The number of piperidine rings is 1. The van der Waals surface area contributed by atoms with Crippen LogP contribution in [-0.2, 0) is 14.3 Å². The quantitative estimate of drug-likeness (QED) is 0.588. The van der Waals surface area contributed by atoms with Crippen molar-refractivity contribution in [3.63, 3.8) is 0 Å². The van der Waals surface area contributed by atoms with Crippen molar-refractivity contribution >= 4 is 5.91 Å². The molecule has 2 aliphatic rings. The lowest BCUT2D eigenvalue weighted by Crippen LogP contribution is -2.57. The van der Waals surface area contributed by atoms with Crippen LogP contribution < -0.4 is 0 Å². The van der Waals surface area contributed by atoms with Gasteiger partial charge < -0.3 is 14.4 Å². The average molecular weight is 292 g/mol. The predicted octanol–water partition coefficient (Wildman–Crippen LogP) is 1.89. The van der Waals surface area contributed by atoms with Crippen LogP contribution in [0, 0.1) is 17.2 Å². The van der Waals surface area contributed by atoms with Crippen molar-refractivity contribution in [2.75, 3.05) is 26.8 Å². The Kier molecular flexibility index (Phi) is 5.02. The largest absolute Gasteiger partial charge is 0.377 e. The van der Waals surface area contributed by atoms with Gasteiger partial charge in [0.1, 0.15) is 17.7 Å². The minimum Gasteiger partial charge on any atom is -0.377 e. The van der Waals surface area contributed by atoms with E-state index in [9.17, 15) is 10.1 Å². The summed E-state index contributed by atoms with van der Waals surface area (Å²) in [4.78, 5) is 14.2. The molecule has 2 heterocycles. The summed E-state index contributed by atoms with van der Waals surface area (Å²) < 4.78 is 11.5. The highest BCUT2D eigenvalue weighted by atomic mass is 16.5. The topological polar surface area (TPSA) is 62.6 Å². The molecular weight excluding hydrogens is 268 g/mol. The third-order valence-corrected chi connectivity index (χ3v) is 4.33. The highest BCUT2D eigenvalue weighted by Gasteiger charge is 2.47. The fraction of sp³-hybridized carbons (Fsp3) is 0.750. The van der Waals surface area contributed by atoms with Gasteiger partial charge >= 0.3 is 0 Å². The molecule has 116 valence electrons. The number of methoxy groups -OCH3 is 1. The van der Waals surface area contributed by atoms with Gasteiger partial charge in [-0.2, -0.15) is 5.26 Å². The number of carbonyl (C=O) groups is 1. The van der Waals surface area contributed by atoms with E-state index in [0.717, 1.165) is 25.9 Å². The maximum Gasteiger partial charge on any atom is 0.264 e. The molecule has 1 amide bonds. The number of allylic oxidation sites excluding steroid dienone is 1. The number of hydrogen-bond donors (Lipinski definition) is 0. The van der Waals surface area contributed by atoms with Gasteiger partial charge in [-0.25, -0.2) is 0 Å². The first-order valence-corrected chi connectivity index (χ1v) is 7.60. The molecule has 0 aliphatic carbocycles. The maximum atomic E-state index is 12.5. The zero-order chi connectivity index (χ0) is 15.5. The molecule has 0 radical (unpaired) electrons. The Hall–Kier alpha value is -1.38. The molecular formula is C16H24N2O3. The summed E-state index contributed by atoms with van der Waals surface area (Å²) in [5.41, 5.74) is -0.0109. The van der Waals surface area contributed by atoms with Gasteiger partial charge in [0, 0.05) is 20.3 Å². The molecule has 0 aromatic heterocycles. The summed E-state index contributed by atoms with van der Waals surface area (Å²) in [5, 5.41) is 9.18. The summed E-state index contributed by atoms with van der Waals surface area (Å²) in [7, 11) is 1.66. The van der Waals surface area contributed by atoms with Gasteiger partial charge in [0.05, 0.1) is 12.1 Å². The first-order chi connectivity index (χ1) is 10.0. The normalized spacial score (nSPS) is 30.0. The van der Waals surface area contributed by atoms with Crippen molar-refractivity contribution in [3.8, 4) is 6.07 Å². The second-order valence-corrected chi connectivity index (χ2v) is 6.18. The van der Waals surface area contributed by atoms with Gasteiger partial charge in [-0.1, -0.05) is 19.9 Å². The van der Waals surface area contributed by atoms with Crippen LogP contribution in [0.3, 0.4) is 0 Å². The molecule has 1 spiro atoms. The zero-order valence-electron chi connectivity index (χ0n) is 13.1. The highest BCUT2D eigenvalue weighted by molar-refractivity contribution is 5.97. The molecule has 2 rings (SSSR count). The summed E-state index contributed by atoms with van der Waals surface area (Å²) in [6.07, 6.45) is 4.42. The molecule has 2 atom stereocenters. The van der Waals surface area contributed by atoms with E-state index in [1.54, 1.807) is 18.1 Å². The number of hydrogen-bond acceptors (Lipinski definition) is 4. The van der Waals surface area contributed by atoms with Crippen LogP contribution in [-0.4, -0.2) is 49.3 Å². The minimum absolute atomic E-state index is 0.114. The van der Waals surface area contributed by atoms with Crippen LogP contribution in [0.25, 0.3) is 0 Å². The van der Waals surface area contributed by atoms with Crippen LogP contribution in [0.4, 0.5) is 0 Å². The van der Waals surface area contributed by atoms with Crippen LogP contribution >= 0.6 is 0 Å². The van der Waals surface area contributed by atoms with Crippen molar-refractivity contribution in [1.29, 1.82) is 5.26 Å². The number of nitriles is 1. The zero-order valence-corrected chi connectivity index (χ0v) is 13.1. The third kappa shape index (κ3) is 3.28. The van der Waals surface area contributed by atoms with Crippen molar-refractivity contribution in [2.45, 2.75) is 44.8 Å². The van der Waals surface area contributed by atoms with Crippen molar-refractivity contribution in [3.05, 3.63) is 11.6 Å². The molecule has 0 aromatic carbocycles. The number of carbonyl (C=O) groups excluding carboxylic acids is 1. The maximum absolute atomic E-state index is 12.5. The molecule has 0 N–H and O–H groups in total. The van der Waals surface area contributed by atoms with Gasteiger partial charge in [0.2, 0.25) is 0 Å². The number of amides is 1.